The Morgan fingerprint density at radius 2 is 1.68 bits per heavy atom. The van der Waals surface area contributed by atoms with Gasteiger partial charge >= 0.3 is 0 Å². The summed E-state index contributed by atoms with van der Waals surface area (Å²) in [7, 11) is -3.36. The molecule has 22 heavy (non-hydrogen) atoms. The van der Waals surface area contributed by atoms with Gasteiger partial charge in [-0.2, -0.15) is 4.31 Å². The van der Waals surface area contributed by atoms with Crippen LogP contribution in [0, 0.1) is 0 Å². The van der Waals surface area contributed by atoms with Crippen molar-refractivity contribution in [3.63, 3.8) is 0 Å². The zero-order valence-corrected chi connectivity index (χ0v) is 14.2. The molecule has 1 saturated heterocycles. The van der Waals surface area contributed by atoms with Crippen LogP contribution in [0.2, 0.25) is 0 Å². The van der Waals surface area contributed by atoms with Crippen molar-refractivity contribution < 1.29 is 8.42 Å². The number of piperazine rings is 1. The predicted octanol–water partition coefficient (Wildman–Crippen LogP) is 2.82. The summed E-state index contributed by atoms with van der Waals surface area (Å²) in [6.07, 6.45) is 0. The first-order chi connectivity index (χ1) is 10.6. The number of rotatable bonds is 4. The minimum atomic E-state index is -3.36. The molecule has 1 unspecified atom stereocenters. The first-order valence-corrected chi connectivity index (χ1v) is 9.73. The summed E-state index contributed by atoms with van der Waals surface area (Å²) in [6, 6.07) is 13.2. The third kappa shape index (κ3) is 3.10. The van der Waals surface area contributed by atoms with Crippen molar-refractivity contribution in [2.75, 3.05) is 26.2 Å². The van der Waals surface area contributed by atoms with E-state index < -0.39 is 10.0 Å². The van der Waals surface area contributed by atoms with Gasteiger partial charge in [0.2, 0.25) is 10.0 Å². The highest BCUT2D eigenvalue weighted by molar-refractivity contribution is 7.89. The smallest absolute Gasteiger partial charge is 0.243 e. The van der Waals surface area contributed by atoms with Crippen LogP contribution in [-0.2, 0) is 10.0 Å². The lowest BCUT2D eigenvalue weighted by Gasteiger charge is -2.37. The maximum atomic E-state index is 12.6. The molecular weight excluding hydrogens is 316 g/mol. The van der Waals surface area contributed by atoms with E-state index in [2.05, 4.69) is 29.3 Å². The third-order valence-electron chi connectivity index (χ3n) is 4.16. The number of hydrogen-bond acceptors (Lipinski definition) is 4. The highest BCUT2D eigenvalue weighted by atomic mass is 32.2. The predicted molar refractivity (Wildman–Crippen MR) is 89.5 cm³/mol. The van der Waals surface area contributed by atoms with Crippen molar-refractivity contribution in [2.45, 2.75) is 17.9 Å². The van der Waals surface area contributed by atoms with Crippen LogP contribution in [0.15, 0.2) is 52.7 Å². The molecular formula is C16H20N2O2S2. The molecule has 4 nitrogen and oxygen atoms in total. The molecule has 1 aromatic carbocycles. The van der Waals surface area contributed by atoms with E-state index in [1.54, 1.807) is 39.9 Å². The molecule has 0 bridgehead atoms. The molecule has 0 saturated carbocycles. The van der Waals surface area contributed by atoms with Gasteiger partial charge in [-0.25, -0.2) is 8.42 Å². The van der Waals surface area contributed by atoms with E-state index >= 15 is 0 Å². The second-order valence-corrected chi connectivity index (χ2v) is 8.36. The third-order valence-corrected chi connectivity index (χ3v) is 7.11. The van der Waals surface area contributed by atoms with Crippen molar-refractivity contribution in [2.24, 2.45) is 0 Å². The fraction of sp³-hybridized carbons (Fsp3) is 0.375. The molecule has 1 fully saturated rings. The topological polar surface area (TPSA) is 40.6 Å². The van der Waals surface area contributed by atoms with Crippen molar-refractivity contribution >= 4 is 21.4 Å². The summed E-state index contributed by atoms with van der Waals surface area (Å²) in [4.78, 5) is 4.07. The normalized spacial score (nSPS) is 19.1. The van der Waals surface area contributed by atoms with Crippen LogP contribution < -0.4 is 0 Å². The maximum Gasteiger partial charge on any atom is 0.243 e. The lowest BCUT2D eigenvalue weighted by molar-refractivity contribution is 0.147. The van der Waals surface area contributed by atoms with Gasteiger partial charge in [0.05, 0.1) is 4.90 Å². The first-order valence-electron chi connectivity index (χ1n) is 7.42. The Morgan fingerprint density at radius 3 is 2.27 bits per heavy atom. The average molecular weight is 336 g/mol. The highest BCUT2D eigenvalue weighted by Crippen LogP contribution is 2.26. The standard InChI is InChI=1S/C16H20N2O2S2/c1-14(16-8-5-13-21-16)17-9-11-18(12-10-17)22(19,20)15-6-3-2-4-7-15/h2-8,13-14H,9-12H2,1H3. The van der Waals surface area contributed by atoms with E-state index in [1.165, 1.54) is 4.88 Å². The number of nitrogens with zero attached hydrogens (tertiary/aromatic N) is 2. The molecule has 3 rings (SSSR count). The Morgan fingerprint density at radius 1 is 1.00 bits per heavy atom. The summed E-state index contributed by atoms with van der Waals surface area (Å²) in [5.41, 5.74) is 0. The summed E-state index contributed by atoms with van der Waals surface area (Å²) in [5.74, 6) is 0. The Balaban J connectivity index is 1.67. The molecule has 0 spiro atoms. The maximum absolute atomic E-state index is 12.6. The molecule has 0 amide bonds. The molecule has 118 valence electrons. The first kappa shape index (κ1) is 15.7. The number of sulfonamides is 1. The molecule has 1 atom stereocenters. The molecule has 0 aliphatic carbocycles. The lowest BCUT2D eigenvalue weighted by atomic mass is 10.2. The number of thiophene rings is 1. The molecule has 2 aromatic rings. The van der Waals surface area contributed by atoms with Crippen molar-refractivity contribution in [3.05, 3.63) is 52.7 Å². The van der Waals surface area contributed by atoms with Crippen LogP contribution in [0.3, 0.4) is 0 Å². The van der Waals surface area contributed by atoms with Crippen molar-refractivity contribution in [1.29, 1.82) is 0 Å². The number of benzene rings is 1. The van der Waals surface area contributed by atoms with Gasteiger partial charge in [-0.05, 0) is 30.5 Å². The van der Waals surface area contributed by atoms with Gasteiger partial charge in [-0.15, -0.1) is 11.3 Å². The van der Waals surface area contributed by atoms with Gasteiger partial charge in [-0.3, -0.25) is 4.90 Å². The summed E-state index contributed by atoms with van der Waals surface area (Å²) in [5, 5.41) is 2.09. The SMILES string of the molecule is CC(c1cccs1)N1CCN(S(=O)(=O)c2ccccc2)CC1. The fourth-order valence-electron chi connectivity index (χ4n) is 2.78. The molecule has 1 aliphatic heterocycles. The Bertz CT molecular complexity index is 691. The van der Waals surface area contributed by atoms with Gasteiger partial charge in [0.15, 0.2) is 0 Å². The van der Waals surface area contributed by atoms with E-state index in [0.717, 1.165) is 13.1 Å². The van der Waals surface area contributed by atoms with E-state index in [-0.39, 0.29) is 0 Å². The highest BCUT2D eigenvalue weighted by Gasteiger charge is 2.30. The minimum Gasteiger partial charge on any atom is -0.293 e. The van der Waals surface area contributed by atoms with Crippen molar-refractivity contribution in [1.82, 2.24) is 9.21 Å². The Hall–Kier alpha value is -1.21. The summed E-state index contributed by atoms with van der Waals surface area (Å²) in [6.45, 7) is 4.82. The van der Waals surface area contributed by atoms with Gasteiger partial charge in [0.25, 0.3) is 0 Å². The van der Waals surface area contributed by atoms with E-state index in [0.29, 0.717) is 24.0 Å². The van der Waals surface area contributed by atoms with Crippen LogP contribution in [0.4, 0.5) is 0 Å². The second kappa shape index (κ2) is 6.50. The quantitative estimate of drug-likeness (QED) is 0.862. The summed E-state index contributed by atoms with van der Waals surface area (Å²) < 4.78 is 26.8. The molecule has 1 aromatic heterocycles. The largest absolute Gasteiger partial charge is 0.293 e. The molecule has 1 aliphatic rings. The Labute approximate surface area is 136 Å². The van der Waals surface area contributed by atoms with Crippen molar-refractivity contribution in [3.8, 4) is 0 Å². The van der Waals surface area contributed by atoms with E-state index in [9.17, 15) is 8.42 Å². The lowest BCUT2D eigenvalue weighted by Crippen LogP contribution is -2.49. The van der Waals surface area contributed by atoms with Crippen LogP contribution in [0.25, 0.3) is 0 Å². The van der Waals surface area contributed by atoms with Gasteiger partial charge in [-0.1, -0.05) is 24.3 Å². The fourth-order valence-corrected chi connectivity index (χ4v) is 5.04. The molecule has 0 radical (unpaired) electrons. The summed E-state index contributed by atoms with van der Waals surface area (Å²) >= 11 is 1.75. The van der Waals surface area contributed by atoms with Crippen LogP contribution >= 0.6 is 11.3 Å². The minimum absolute atomic E-state index is 0.349. The zero-order valence-electron chi connectivity index (χ0n) is 12.6. The van der Waals surface area contributed by atoms with Gasteiger partial charge in [0, 0.05) is 37.1 Å². The number of hydrogen-bond donors (Lipinski definition) is 0. The molecule has 2 heterocycles. The van der Waals surface area contributed by atoms with Crippen LogP contribution in [-0.4, -0.2) is 43.8 Å². The van der Waals surface area contributed by atoms with E-state index in [4.69, 9.17) is 0 Å². The average Bonchev–Trinajstić information content (AvgIpc) is 3.09. The van der Waals surface area contributed by atoms with Crippen LogP contribution in [0.1, 0.15) is 17.8 Å². The second-order valence-electron chi connectivity index (χ2n) is 5.44. The molecule has 0 N–H and O–H groups in total. The Kier molecular flexibility index (Phi) is 4.63. The molecule has 6 heteroatoms. The van der Waals surface area contributed by atoms with E-state index in [1.807, 2.05) is 6.07 Å². The zero-order chi connectivity index (χ0) is 15.6. The van der Waals surface area contributed by atoms with Gasteiger partial charge in [0.1, 0.15) is 0 Å². The monoisotopic (exact) mass is 336 g/mol. The van der Waals surface area contributed by atoms with Crippen LogP contribution in [0.5, 0.6) is 0 Å². The van der Waals surface area contributed by atoms with Gasteiger partial charge < -0.3 is 0 Å².